The molecule has 0 atom stereocenters. The molecule has 6 nitrogen and oxygen atoms in total. The van der Waals surface area contributed by atoms with Crippen LogP contribution in [0, 0.1) is 0 Å². The Bertz CT molecular complexity index is 888. The molecule has 0 fully saturated rings. The largest absolute Gasteiger partial charge is 0.356 e. The number of hydrogen-bond donors (Lipinski definition) is 3. The molecule has 1 heterocycles. The zero-order valence-electron chi connectivity index (χ0n) is 14.8. The maximum absolute atomic E-state index is 11.9. The molecule has 0 spiro atoms. The van der Waals surface area contributed by atoms with Crippen LogP contribution < -0.4 is 10.6 Å². The van der Waals surface area contributed by atoms with Gasteiger partial charge in [0.25, 0.3) is 5.91 Å². The van der Waals surface area contributed by atoms with E-state index in [1.165, 1.54) is 0 Å². The lowest BCUT2D eigenvalue weighted by Gasteiger charge is -2.06. The molecule has 0 bridgehead atoms. The van der Waals surface area contributed by atoms with E-state index in [4.69, 9.17) is 11.6 Å². The molecule has 3 aromatic rings. The maximum atomic E-state index is 11.9. The molecule has 140 valence electrons. The average molecular weight is 385 g/mol. The van der Waals surface area contributed by atoms with E-state index in [9.17, 15) is 9.59 Å². The molecule has 1 aromatic heterocycles. The topological polar surface area (TPSA) is 86.9 Å². The molecule has 0 saturated carbocycles. The second-order valence-electron chi connectivity index (χ2n) is 6.17. The number of para-hydroxylation sites is 2. The van der Waals surface area contributed by atoms with Gasteiger partial charge in [0.2, 0.25) is 5.91 Å². The van der Waals surface area contributed by atoms with Crippen LogP contribution in [-0.2, 0) is 11.2 Å². The lowest BCUT2D eigenvalue weighted by molar-refractivity contribution is -0.121. The minimum absolute atomic E-state index is 0.0353. The second-order valence-corrected chi connectivity index (χ2v) is 6.60. The summed E-state index contributed by atoms with van der Waals surface area (Å²) in [6.45, 7) is 0.967. The summed E-state index contributed by atoms with van der Waals surface area (Å²) in [6.07, 6.45) is 1.59. The first-order valence-corrected chi connectivity index (χ1v) is 9.24. The van der Waals surface area contributed by atoms with Crippen LogP contribution in [-0.4, -0.2) is 34.9 Å². The number of hydrogen-bond acceptors (Lipinski definition) is 3. The number of carbonyl (C=O) groups excluding carboxylic acids is 2. The predicted molar refractivity (Wildman–Crippen MR) is 106 cm³/mol. The molecule has 0 aliphatic rings. The zero-order chi connectivity index (χ0) is 19.1. The van der Waals surface area contributed by atoms with Crippen LogP contribution in [0.25, 0.3) is 11.0 Å². The first-order valence-electron chi connectivity index (χ1n) is 8.86. The number of rotatable bonds is 8. The van der Waals surface area contributed by atoms with Crippen LogP contribution in [0.3, 0.4) is 0 Å². The van der Waals surface area contributed by atoms with E-state index in [-0.39, 0.29) is 11.8 Å². The fourth-order valence-corrected chi connectivity index (χ4v) is 2.81. The summed E-state index contributed by atoms with van der Waals surface area (Å²) >= 11 is 5.80. The van der Waals surface area contributed by atoms with Gasteiger partial charge in [0.1, 0.15) is 5.82 Å². The SMILES string of the molecule is O=C(CCCNC(=O)c1ccc(Cl)cc1)NCCc1nc2ccccc2[nH]1. The summed E-state index contributed by atoms with van der Waals surface area (Å²) < 4.78 is 0. The second kappa shape index (κ2) is 9.19. The van der Waals surface area contributed by atoms with Crippen molar-refractivity contribution in [2.45, 2.75) is 19.3 Å². The molecule has 0 unspecified atom stereocenters. The van der Waals surface area contributed by atoms with Crippen LogP contribution in [0.1, 0.15) is 29.0 Å². The number of benzene rings is 2. The Morgan fingerprint density at radius 2 is 1.78 bits per heavy atom. The minimum Gasteiger partial charge on any atom is -0.356 e. The molecule has 2 amide bonds. The van der Waals surface area contributed by atoms with Gasteiger partial charge in [0.05, 0.1) is 11.0 Å². The van der Waals surface area contributed by atoms with Gasteiger partial charge < -0.3 is 15.6 Å². The number of H-pyrrole nitrogens is 1. The third-order valence-corrected chi connectivity index (χ3v) is 4.35. The van der Waals surface area contributed by atoms with E-state index in [2.05, 4.69) is 20.6 Å². The van der Waals surface area contributed by atoms with Crippen molar-refractivity contribution in [3.63, 3.8) is 0 Å². The van der Waals surface area contributed by atoms with Gasteiger partial charge in [-0.3, -0.25) is 9.59 Å². The van der Waals surface area contributed by atoms with Crippen molar-refractivity contribution in [3.05, 3.63) is 64.9 Å². The number of aromatic nitrogens is 2. The van der Waals surface area contributed by atoms with Crippen LogP contribution in [0.2, 0.25) is 5.02 Å². The molecule has 3 N–H and O–H groups in total. The number of imidazole rings is 1. The van der Waals surface area contributed by atoms with Gasteiger partial charge in [-0.05, 0) is 42.8 Å². The van der Waals surface area contributed by atoms with Crippen LogP contribution in [0.5, 0.6) is 0 Å². The summed E-state index contributed by atoms with van der Waals surface area (Å²) in [4.78, 5) is 31.5. The average Bonchev–Trinajstić information content (AvgIpc) is 3.08. The molecule has 3 rings (SSSR count). The van der Waals surface area contributed by atoms with Crippen molar-refractivity contribution < 1.29 is 9.59 Å². The van der Waals surface area contributed by atoms with Crippen molar-refractivity contribution in [3.8, 4) is 0 Å². The quantitative estimate of drug-likeness (QED) is 0.521. The van der Waals surface area contributed by atoms with Crippen molar-refractivity contribution in [2.24, 2.45) is 0 Å². The highest BCUT2D eigenvalue weighted by Gasteiger charge is 2.06. The summed E-state index contributed by atoms with van der Waals surface area (Å²) in [5.74, 6) is 0.649. The number of carbonyl (C=O) groups is 2. The normalized spacial score (nSPS) is 10.7. The Kier molecular flexibility index (Phi) is 6.44. The van der Waals surface area contributed by atoms with E-state index in [0.717, 1.165) is 16.9 Å². The first kappa shape index (κ1) is 18.9. The van der Waals surface area contributed by atoms with E-state index in [0.29, 0.717) is 42.9 Å². The highest BCUT2D eigenvalue weighted by atomic mass is 35.5. The molecule has 2 aromatic carbocycles. The zero-order valence-corrected chi connectivity index (χ0v) is 15.6. The lowest BCUT2D eigenvalue weighted by Crippen LogP contribution is -2.28. The summed E-state index contributed by atoms with van der Waals surface area (Å²) in [5, 5.41) is 6.26. The van der Waals surface area contributed by atoms with E-state index in [1.54, 1.807) is 24.3 Å². The van der Waals surface area contributed by atoms with Gasteiger partial charge in [0, 0.05) is 36.5 Å². The standard InChI is InChI=1S/C20H21ClN4O2/c21-15-9-7-14(8-10-15)20(27)23-12-3-6-19(26)22-13-11-18-24-16-4-1-2-5-17(16)25-18/h1-2,4-5,7-10H,3,6,11-13H2,(H,22,26)(H,23,27)(H,24,25). The van der Waals surface area contributed by atoms with Crippen molar-refractivity contribution >= 4 is 34.4 Å². The molecular weight excluding hydrogens is 364 g/mol. The van der Waals surface area contributed by atoms with Gasteiger partial charge in [-0.1, -0.05) is 23.7 Å². The summed E-state index contributed by atoms with van der Waals surface area (Å²) in [6, 6.07) is 14.5. The number of halogens is 1. The van der Waals surface area contributed by atoms with Gasteiger partial charge in [0.15, 0.2) is 0 Å². The highest BCUT2D eigenvalue weighted by Crippen LogP contribution is 2.10. The third kappa shape index (κ3) is 5.56. The Morgan fingerprint density at radius 1 is 1.00 bits per heavy atom. The maximum Gasteiger partial charge on any atom is 0.251 e. The molecule has 27 heavy (non-hydrogen) atoms. The summed E-state index contributed by atoms with van der Waals surface area (Å²) in [5.41, 5.74) is 2.47. The molecule has 0 aliphatic heterocycles. The number of nitrogens with zero attached hydrogens (tertiary/aromatic N) is 1. The van der Waals surface area contributed by atoms with Gasteiger partial charge >= 0.3 is 0 Å². The van der Waals surface area contributed by atoms with E-state index < -0.39 is 0 Å². The van der Waals surface area contributed by atoms with Crippen molar-refractivity contribution in [1.82, 2.24) is 20.6 Å². The highest BCUT2D eigenvalue weighted by molar-refractivity contribution is 6.30. The third-order valence-electron chi connectivity index (χ3n) is 4.09. The van der Waals surface area contributed by atoms with Crippen LogP contribution in [0.4, 0.5) is 0 Å². The molecular formula is C20H21ClN4O2. The Morgan fingerprint density at radius 3 is 2.56 bits per heavy atom. The number of amides is 2. The Hall–Kier alpha value is -2.86. The lowest BCUT2D eigenvalue weighted by atomic mass is 10.2. The van der Waals surface area contributed by atoms with Gasteiger partial charge in [-0.2, -0.15) is 0 Å². The molecule has 0 aliphatic carbocycles. The predicted octanol–water partition coefficient (Wildman–Crippen LogP) is 3.09. The number of nitrogens with one attached hydrogen (secondary N) is 3. The van der Waals surface area contributed by atoms with E-state index in [1.807, 2.05) is 24.3 Å². The van der Waals surface area contributed by atoms with Crippen molar-refractivity contribution in [1.29, 1.82) is 0 Å². The fraction of sp³-hybridized carbons (Fsp3) is 0.250. The first-order chi connectivity index (χ1) is 13.1. The Balaban J connectivity index is 1.31. The van der Waals surface area contributed by atoms with E-state index >= 15 is 0 Å². The van der Waals surface area contributed by atoms with Crippen LogP contribution in [0.15, 0.2) is 48.5 Å². The molecule has 0 saturated heterocycles. The number of aromatic amines is 1. The van der Waals surface area contributed by atoms with Crippen molar-refractivity contribution in [2.75, 3.05) is 13.1 Å². The van der Waals surface area contributed by atoms with Gasteiger partial charge in [-0.15, -0.1) is 0 Å². The number of fused-ring (bicyclic) bond motifs is 1. The minimum atomic E-state index is -0.169. The molecule has 7 heteroatoms. The fourth-order valence-electron chi connectivity index (χ4n) is 2.69. The van der Waals surface area contributed by atoms with Crippen LogP contribution >= 0.6 is 11.6 Å². The molecule has 0 radical (unpaired) electrons. The summed E-state index contributed by atoms with van der Waals surface area (Å²) in [7, 11) is 0. The smallest absolute Gasteiger partial charge is 0.251 e. The Labute approximate surface area is 162 Å². The monoisotopic (exact) mass is 384 g/mol. The van der Waals surface area contributed by atoms with Gasteiger partial charge in [-0.25, -0.2) is 4.98 Å².